The van der Waals surface area contributed by atoms with E-state index in [9.17, 15) is 0 Å². The van der Waals surface area contributed by atoms with Crippen LogP contribution < -0.4 is 15.3 Å². The minimum absolute atomic E-state index is 0.0267. The SMILES string of the molecule is C1=c2cccnc2=CC2Oc3cc(-c4cc5ccccc5c5ccccc45)cc(-c4nc(-c5ccccc5)nc(-c5ccccc5)n4)c3C12. The third-order valence-corrected chi connectivity index (χ3v) is 9.66. The summed E-state index contributed by atoms with van der Waals surface area (Å²) in [5.74, 6) is 2.68. The second-order valence-electron chi connectivity index (χ2n) is 12.6. The molecule has 2 aromatic heterocycles. The normalized spacial score (nSPS) is 15.8. The highest BCUT2D eigenvalue weighted by Crippen LogP contribution is 2.49. The lowest BCUT2D eigenvalue weighted by atomic mass is 9.85. The van der Waals surface area contributed by atoms with Crippen molar-refractivity contribution < 1.29 is 4.74 Å². The molecule has 0 fully saturated rings. The summed E-state index contributed by atoms with van der Waals surface area (Å²) >= 11 is 0. The molecule has 0 saturated heterocycles. The van der Waals surface area contributed by atoms with E-state index in [0.29, 0.717) is 17.5 Å². The molecule has 2 unspecified atom stereocenters. The Kier molecular flexibility index (Phi) is 6.24. The molecule has 0 N–H and O–H groups in total. The fourth-order valence-corrected chi connectivity index (χ4v) is 7.39. The molecule has 6 aromatic carbocycles. The minimum Gasteiger partial charge on any atom is -0.485 e. The summed E-state index contributed by atoms with van der Waals surface area (Å²) in [6, 6.07) is 48.3. The van der Waals surface area contributed by atoms with Crippen molar-refractivity contribution in [3.63, 3.8) is 0 Å². The van der Waals surface area contributed by atoms with Gasteiger partial charge in [0, 0.05) is 34.4 Å². The van der Waals surface area contributed by atoms with Crippen molar-refractivity contribution in [2.75, 3.05) is 0 Å². The highest BCUT2D eigenvalue weighted by molar-refractivity contribution is 6.14. The summed E-state index contributed by atoms with van der Waals surface area (Å²) in [6.07, 6.45) is 6.07. The smallest absolute Gasteiger partial charge is 0.164 e. The van der Waals surface area contributed by atoms with Crippen molar-refractivity contribution in [3.8, 4) is 51.0 Å². The summed E-state index contributed by atoms with van der Waals surface area (Å²) in [5.41, 5.74) is 6.06. The lowest BCUT2D eigenvalue weighted by molar-refractivity contribution is 0.288. The van der Waals surface area contributed by atoms with E-state index >= 15 is 0 Å². The van der Waals surface area contributed by atoms with Gasteiger partial charge in [0.1, 0.15) is 11.9 Å². The first-order valence-corrected chi connectivity index (χ1v) is 16.5. The predicted molar refractivity (Wildman–Crippen MR) is 196 cm³/mol. The van der Waals surface area contributed by atoms with Gasteiger partial charge in [-0.15, -0.1) is 0 Å². The monoisotopic (exact) mass is 628 g/mol. The molecule has 5 heteroatoms. The van der Waals surface area contributed by atoms with Crippen LogP contribution in [-0.4, -0.2) is 26.0 Å². The number of fused-ring (bicyclic) bond motifs is 7. The Bertz CT molecular complexity index is 2650. The number of hydrogen-bond donors (Lipinski definition) is 0. The molecule has 0 spiro atoms. The van der Waals surface area contributed by atoms with Crippen molar-refractivity contribution >= 4 is 33.7 Å². The van der Waals surface area contributed by atoms with Crippen LogP contribution in [0, 0.1) is 0 Å². The highest BCUT2D eigenvalue weighted by atomic mass is 16.5. The van der Waals surface area contributed by atoms with Crippen molar-refractivity contribution in [3.05, 3.63) is 162 Å². The molecule has 230 valence electrons. The molecule has 2 atom stereocenters. The number of aromatic nitrogens is 4. The Morgan fingerprint density at radius 1 is 0.490 bits per heavy atom. The van der Waals surface area contributed by atoms with Crippen molar-refractivity contribution in [1.29, 1.82) is 0 Å². The molecule has 0 amide bonds. The van der Waals surface area contributed by atoms with Gasteiger partial charge in [0.25, 0.3) is 0 Å². The van der Waals surface area contributed by atoms with Gasteiger partial charge >= 0.3 is 0 Å². The van der Waals surface area contributed by atoms with E-state index in [1.54, 1.807) is 0 Å². The van der Waals surface area contributed by atoms with Crippen LogP contribution in [0.3, 0.4) is 0 Å². The van der Waals surface area contributed by atoms with Crippen molar-refractivity contribution in [2.24, 2.45) is 0 Å². The first-order chi connectivity index (χ1) is 24.3. The Labute approximate surface area is 282 Å². The third-order valence-electron chi connectivity index (χ3n) is 9.66. The van der Waals surface area contributed by atoms with Gasteiger partial charge in [0.15, 0.2) is 17.5 Å². The summed E-state index contributed by atoms with van der Waals surface area (Å²) in [5, 5.41) is 6.86. The molecule has 49 heavy (non-hydrogen) atoms. The molecular formula is C44H28N4O. The summed E-state index contributed by atoms with van der Waals surface area (Å²) in [6.45, 7) is 0. The average Bonchev–Trinajstić information content (AvgIpc) is 3.54. The lowest BCUT2D eigenvalue weighted by Crippen LogP contribution is -2.36. The summed E-state index contributed by atoms with van der Waals surface area (Å²) in [4.78, 5) is 20.0. The second kappa shape index (κ2) is 11.1. The van der Waals surface area contributed by atoms with Crippen LogP contribution in [0.15, 0.2) is 146 Å². The molecule has 0 radical (unpaired) electrons. The van der Waals surface area contributed by atoms with E-state index in [2.05, 4.69) is 89.9 Å². The highest BCUT2D eigenvalue weighted by Gasteiger charge is 2.37. The van der Waals surface area contributed by atoms with E-state index in [4.69, 9.17) is 19.7 Å². The Balaban J connectivity index is 1.27. The third kappa shape index (κ3) is 4.62. The van der Waals surface area contributed by atoms with Gasteiger partial charge in [0.2, 0.25) is 0 Å². The van der Waals surface area contributed by atoms with Crippen LogP contribution in [0.25, 0.3) is 79.0 Å². The molecule has 0 bridgehead atoms. The molecule has 1 aliphatic carbocycles. The van der Waals surface area contributed by atoms with Crippen LogP contribution in [0.4, 0.5) is 0 Å². The maximum atomic E-state index is 6.82. The number of pyridine rings is 1. The van der Waals surface area contributed by atoms with Gasteiger partial charge in [-0.2, -0.15) is 0 Å². The zero-order valence-electron chi connectivity index (χ0n) is 26.4. The first-order valence-electron chi connectivity index (χ1n) is 16.5. The summed E-state index contributed by atoms with van der Waals surface area (Å²) in [7, 11) is 0. The van der Waals surface area contributed by atoms with Crippen LogP contribution in [0.1, 0.15) is 11.5 Å². The number of ether oxygens (including phenoxy) is 1. The zero-order valence-corrected chi connectivity index (χ0v) is 26.4. The molecule has 10 rings (SSSR count). The Hall–Kier alpha value is -6.46. The number of rotatable bonds is 4. The minimum atomic E-state index is -0.191. The molecule has 8 aromatic rings. The second-order valence-corrected chi connectivity index (χ2v) is 12.6. The Morgan fingerprint density at radius 2 is 1.14 bits per heavy atom. The topological polar surface area (TPSA) is 60.8 Å². The van der Waals surface area contributed by atoms with Crippen molar-refractivity contribution in [2.45, 2.75) is 12.0 Å². The largest absolute Gasteiger partial charge is 0.485 e. The van der Waals surface area contributed by atoms with E-state index in [1.807, 2.05) is 72.9 Å². The molecule has 0 saturated carbocycles. The van der Waals surface area contributed by atoms with Gasteiger partial charge in [-0.05, 0) is 68.2 Å². The zero-order chi connectivity index (χ0) is 32.3. The van der Waals surface area contributed by atoms with E-state index < -0.39 is 0 Å². The molecule has 5 nitrogen and oxygen atoms in total. The number of nitrogens with zero attached hydrogens (tertiary/aromatic N) is 4. The van der Waals surface area contributed by atoms with Crippen molar-refractivity contribution in [1.82, 2.24) is 19.9 Å². The van der Waals surface area contributed by atoms with Crippen LogP contribution in [-0.2, 0) is 0 Å². The van der Waals surface area contributed by atoms with Gasteiger partial charge in [-0.1, -0.05) is 121 Å². The van der Waals surface area contributed by atoms with Gasteiger partial charge < -0.3 is 4.74 Å². The lowest BCUT2D eigenvalue weighted by Gasteiger charge is -2.18. The van der Waals surface area contributed by atoms with E-state index in [1.165, 1.54) is 21.5 Å². The molecule has 2 aliphatic rings. The molecule has 1 aliphatic heterocycles. The molecule has 3 heterocycles. The maximum absolute atomic E-state index is 6.82. The van der Waals surface area contributed by atoms with E-state index in [0.717, 1.165) is 49.7 Å². The van der Waals surface area contributed by atoms with Crippen LogP contribution >= 0.6 is 0 Å². The Morgan fingerprint density at radius 3 is 1.90 bits per heavy atom. The quantitative estimate of drug-likeness (QED) is 0.183. The standard InChI is InChI=1S/C44H28N4O/c1-3-12-27(13-4-1)42-46-43(28-14-5-2-6-15-28)48-44(47-42)37-24-31(35-22-29-16-7-8-18-32(29)33-19-9-10-20-34(33)35)25-40-41(37)36-23-30-17-11-21-45-38(30)26-39(36)49-40/h1-26,36,39H. The number of benzene rings is 6. The fraction of sp³-hybridized carbons (Fsp3) is 0.0455. The van der Waals surface area contributed by atoms with E-state index in [-0.39, 0.29) is 12.0 Å². The average molecular weight is 629 g/mol. The summed E-state index contributed by atoms with van der Waals surface area (Å²) < 4.78 is 6.82. The van der Waals surface area contributed by atoms with Gasteiger partial charge in [-0.3, -0.25) is 4.98 Å². The predicted octanol–water partition coefficient (Wildman–Crippen LogP) is 8.36. The first kappa shape index (κ1) is 27.6. The van der Waals surface area contributed by atoms with Gasteiger partial charge in [-0.25, -0.2) is 15.0 Å². The number of hydrogen-bond acceptors (Lipinski definition) is 5. The maximum Gasteiger partial charge on any atom is 0.164 e. The van der Waals surface area contributed by atoms with Crippen LogP contribution in [0.2, 0.25) is 0 Å². The van der Waals surface area contributed by atoms with Gasteiger partial charge in [0.05, 0.1) is 5.35 Å². The molecular weight excluding hydrogens is 601 g/mol. The van der Waals surface area contributed by atoms with Crippen LogP contribution in [0.5, 0.6) is 5.75 Å². The fourth-order valence-electron chi connectivity index (χ4n) is 7.39.